The molecule has 0 saturated carbocycles. The summed E-state index contributed by atoms with van der Waals surface area (Å²) in [4.78, 5) is 7.40. The van der Waals surface area contributed by atoms with Crippen LogP contribution in [0.2, 0.25) is 0 Å². The van der Waals surface area contributed by atoms with Gasteiger partial charge in [0.15, 0.2) is 0 Å². The second-order valence-electron chi connectivity index (χ2n) is 5.93. The molecule has 0 aromatic carbocycles. The fourth-order valence-corrected chi connectivity index (χ4v) is 3.17. The number of likely N-dealkylation sites (tertiary alicyclic amines) is 1. The Morgan fingerprint density at radius 1 is 1.40 bits per heavy atom. The monoisotopic (exact) mass is 272 g/mol. The fourth-order valence-electron chi connectivity index (χ4n) is 3.17. The van der Waals surface area contributed by atoms with Crippen LogP contribution in [0.1, 0.15) is 62.0 Å². The normalized spacial score (nSPS) is 19.4. The minimum absolute atomic E-state index is 0.580. The molecule has 2 heterocycles. The highest BCUT2D eigenvalue weighted by molar-refractivity contribution is 5.28. The van der Waals surface area contributed by atoms with E-state index in [9.17, 15) is 0 Å². The Morgan fingerprint density at radius 2 is 2.25 bits per heavy atom. The van der Waals surface area contributed by atoms with Crippen LogP contribution >= 0.6 is 0 Å². The Balaban J connectivity index is 2.21. The summed E-state index contributed by atoms with van der Waals surface area (Å²) in [7, 11) is 2.24. The first kappa shape index (κ1) is 15.2. The van der Waals surface area contributed by atoms with Crippen LogP contribution in [0.4, 0.5) is 0 Å². The van der Waals surface area contributed by atoms with Crippen molar-refractivity contribution in [3.63, 3.8) is 0 Å². The van der Waals surface area contributed by atoms with Gasteiger partial charge in [-0.1, -0.05) is 31.9 Å². The van der Waals surface area contributed by atoms with Crippen LogP contribution in [0.5, 0.6) is 0 Å². The van der Waals surface area contributed by atoms with Gasteiger partial charge in [0, 0.05) is 23.9 Å². The third-order valence-corrected chi connectivity index (χ3v) is 4.32. The quantitative estimate of drug-likeness (QED) is 0.543. The maximum Gasteiger partial charge on any atom is 0.0454 e. The zero-order valence-electron chi connectivity index (χ0n) is 13.1. The highest BCUT2D eigenvalue weighted by Crippen LogP contribution is 2.32. The first-order chi connectivity index (χ1) is 9.76. The van der Waals surface area contributed by atoms with Crippen LogP contribution in [-0.2, 0) is 12.8 Å². The largest absolute Gasteiger partial charge is 0.299 e. The molecule has 1 aliphatic rings. The van der Waals surface area contributed by atoms with Crippen molar-refractivity contribution >= 4 is 0 Å². The molecule has 0 bridgehead atoms. The van der Waals surface area contributed by atoms with Crippen LogP contribution in [0.25, 0.3) is 0 Å². The van der Waals surface area contributed by atoms with Crippen molar-refractivity contribution in [1.29, 1.82) is 0 Å². The molecule has 2 nitrogen and oxygen atoms in total. The lowest BCUT2D eigenvalue weighted by Crippen LogP contribution is -2.19. The standard InChI is InChI=1S/C18H28N2/c1-4-6-7-10-17-16(18-11-8-14-20(18)3)13-12-15(19-17)9-5-2/h5,12-13,18H,2,4,6-11,14H2,1,3H3/t18-/m0/s1. The van der Waals surface area contributed by atoms with Crippen LogP contribution in [0.15, 0.2) is 24.8 Å². The van der Waals surface area contributed by atoms with E-state index in [0.29, 0.717) is 6.04 Å². The molecule has 0 N–H and O–H groups in total. The molecule has 1 aromatic heterocycles. The summed E-state index contributed by atoms with van der Waals surface area (Å²) in [5.41, 5.74) is 3.96. The lowest BCUT2D eigenvalue weighted by atomic mass is 9.98. The predicted molar refractivity (Wildman–Crippen MR) is 86.0 cm³/mol. The van der Waals surface area contributed by atoms with E-state index in [1.807, 2.05) is 6.08 Å². The Labute approximate surface area is 123 Å². The summed E-state index contributed by atoms with van der Waals surface area (Å²) >= 11 is 0. The zero-order valence-corrected chi connectivity index (χ0v) is 13.1. The van der Waals surface area contributed by atoms with Gasteiger partial charge in [-0.15, -0.1) is 6.58 Å². The lowest BCUT2D eigenvalue weighted by Gasteiger charge is -2.22. The molecule has 0 unspecified atom stereocenters. The Morgan fingerprint density at radius 3 is 2.90 bits per heavy atom. The van der Waals surface area contributed by atoms with Crippen LogP contribution in [-0.4, -0.2) is 23.5 Å². The van der Waals surface area contributed by atoms with Crippen molar-refractivity contribution in [2.24, 2.45) is 0 Å². The molecule has 2 rings (SSSR count). The molecule has 0 aliphatic carbocycles. The van der Waals surface area contributed by atoms with Gasteiger partial charge in [0.2, 0.25) is 0 Å². The van der Waals surface area contributed by atoms with E-state index in [4.69, 9.17) is 4.98 Å². The number of rotatable bonds is 7. The minimum atomic E-state index is 0.580. The maximum atomic E-state index is 4.92. The first-order valence-corrected chi connectivity index (χ1v) is 8.06. The molecule has 1 atom stereocenters. The summed E-state index contributed by atoms with van der Waals surface area (Å²) in [6, 6.07) is 5.09. The molecule has 2 heteroatoms. The second kappa shape index (κ2) is 7.58. The highest BCUT2D eigenvalue weighted by Gasteiger charge is 2.25. The van der Waals surface area contributed by atoms with Gasteiger partial charge in [0.05, 0.1) is 0 Å². The van der Waals surface area contributed by atoms with E-state index in [2.05, 4.69) is 37.6 Å². The van der Waals surface area contributed by atoms with Gasteiger partial charge in [-0.2, -0.15) is 0 Å². The Hall–Kier alpha value is -1.15. The van der Waals surface area contributed by atoms with Gasteiger partial charge in [0.25, 0.3) is 0 Å². The van der Waals surface area contributed by atoms with Gasteiger partial charge in [-0.05, 0) is 50.9 Å². The Kier molecular flexibility index (Phi) is 5.78. The summed E-state index contributed by atoms with van der Waals surface area (Å²) in [5, 5.41) is 0. The van der Waals surface area contributed by atoms with Crippen molar-refractivity contribution in [2.45, 2.75) is 57.9 Å². The SMILES string of the molecule is C=CCc1ccc([C@@H]2CCCN2C)c(CCCCC)n1. The summed E-state index contributed by atoms with van der Waals surface area (Å²) < 4.78 is 0. The van der Waals surface area contributed by atoms with Crippen LogP contribution in [0, 0.1) is 0 Å². The highest BCUT2D eigenvalue weighted by atomic mass is 15.1. The van der Waals surface area contributed by atoms with Gasteiger partial charge in [-0.3, -0.25) is 9.88 Å². The van der Waals surface area contributed by atoms with E-state index in [1.165, 1.54) is 49.9 Å². The third kappa shape index (κ3) is 3.69. The topological polar surface area (TPSA) is 16.1 Å². The summed E-state index contributed by atoms with van der Waals surface area (Å²) in [6.07, 6.45) is 10.4. The number of pyridine rings is 1. The molecule has 0 radical (unpaired) electrons. The van der Waals surface area contributed by atoms with Crippen LogP contribution in [0.3, 0.4) is 0 Å². The van der Waals surface area contributed by atoms with E-state index >= 15 is 0 Å². The number of hydrogen-bond acceptors (Lipinski definition) is 2. The molecule has 110 valence electrons. The molecule has 1 fully saturated rings. The third-order valence-electron chi connectivity index (χ3n) is 4.32. The van der Waals surface area contributed by atoms with Crippen LogP contribution < -0.4 is 0 Å². The number of unbranched alkanes of at least 4 members (excludes halogenated alkanes) is 2. The molecular formula is C18H28N2. The van der Waals surface area contributed by atoms with Gasteiger partial charge >= 0.3 is 0 Å². The fraction of sp³-hybridized carbons (Fsp3) is 0.611. The number of aryl methyl sites for hydroxylation is 1. The average molecular weight is 272 g/mol. The molecular weight excluding hydrogens is 244 g/mol. The van der Waals surface area contributed by atoms with Gasteiger partial charge in [-0.25, -0.2) is 0 Å². The number of allylic oxidation sites excluding steroid dienone is 1. The first-order valence-electron chi connectivity index (χ1n) is 8.06. The average Bonchev–Trinajstić information content (AvgIpc) is 2.86. The molecule has 1 aliphatic heterocycles. The smallest absolute Gasteiger partial charge is 0.0454 e. The van der Waals surface area contributed by atoms with Crippen molar-refractivity contribution in [1.82, 2.24) is 9.88 Å². The maximum absolute atomic E-state index is 4.92. The molecule has 0 amide bonds. The van der Waals surface area contributed by atoms with Crippen molar-refractivity contribution in [3.05, 3.63) is 41.7 Å². The molecule has 0 spiro atoms. The van der Waals surface area contributed by atoms with Crippen molar-refractivity contribution < 1.29 is 0 Å². The van der Waals surface area contributed by atoms with E-state index in [0.717, 1.165) is 18.5 Å². The summed E-state index contributed by atoms with van der Waals surface area (Å²) in [5.74, 6) is 0. The molecule has 1 saturated heterocycles. The number of hydrogen-bond donors (Lipinski definition) is 0. The lowest BCUT2D eigenvalue weighted by molar-refractivity contribution is 0.315. The van der Waals surface area contributed by atoms with E-state index in [1.54, 1.807) is 0 Å². The van der Waals surface area contributed by atoms with Gasteiger partial charge in [0.1, 0.15) is 0 Å². The van der Waals surface area contributed by atoms with Gasteiger partial charge < -0.3 is 0 Å². The number of aromatic nitrogens is 1. The number of nitrogens with zero attached hydrogens (tertiary/aromatic N) is 2. The van der Waals surface area contributed by atoms with E-state index in [-0.39, 0.29) is 0 Å². The molecule has 1 aromatic rings. The second-order valence-corrected chi connectivity index (χ2v) is 5.93. The Bertz CT molecular complexity index is 439. The molecule has 20 heavy (non-hydrogen) atoms. The van der Waals surface area contributed by atoms with E-state index < -0.39 is 0 Å². The zero-order chi connectivity index (χ0) is 14.4. The summed E-state index contributed by atoms with van der Waals surface area (Å²) in [6.45, 7) is 7.30. The van der Waals surface area contributed by atoms with Crippen molar-refractivity contribution in [3.8, 4) is 0 Å². The predicted octanol–water partition coefficient (Wildman–Crippen LogP) is 4.31. The van der Waals surface area contributed by atoms with Crippen molar-refractivity contribution in [2.75, 3.05) is 13.6 Å². The minimum Gasteiger partial charge on any atom is -0.299 e.